The molecule has 1 atom stereocenters. The molecule has 0 aliphatic carbocycles. The van der Waals surface area contributed by atoms with E-state index in [1.165, 1.54) is 11.1 Å². The molecule has 0 heterocycles. The fourth-order valence-electron chi connectivity index (χ4n) is 1.53. The Hall–Kier alpha value is -0.550. The van der Waals surface area contributed by atoms with E-state index >= 15 is 0 Å². The Balaban J connectivity index is 3.33. The average Bonchev–Trinajstić information content (AvgIpc) is 2.14. The molecule has 0 radical (unpaired) electrons. The summed E-state index contributed by atoms with van der Waals surface area (Å²) in [5.41, 5.74) is 2.94. The maximum absolute atomic E-state index is 5.30. The largest absolute Gasteiger partial charge is 0.480 e. The highest BCUT2D eigenvalue weighted by atomic mass is 31.0. The number of benzene rings is 1. The number of rotatable bonds is 1. The minimum atomic E-state index is 0.152. The fourth-order valence-corrected chi connectivity index (χ4v) is 1.67. The Labute approximate surface area is 102 Å². The third kappa shape index (κ3) is 3.22. The second-order valence-corrected chi connectivity index (χ2v) is 6.60. The van der Waals surface area contributed by atoms with E-state index in [0.717, 1.165) is 5.75 Å². The molecule has 0 bridgehead atoms. The van der Waals surface area contributed by atoms with Crippen LogP contribution in [-0.2, 0) is 10.8 Å². The van der Waals surface area contributed by atoms with Gasteiger partial charge in [0.15, 0.2) is 0 Å². The third-order valence-electron chi connectivity index (χ3n) is 2.77. The van der Waals surface area contributed by atoms with E-state index in [1.54, 1.807) is 0 Å². The normalized spacial score (nSPS) is 12.7. The summed E-state index contributed by atoms with van der Waals surface area (Å²) in [7, 11) is 2.32. The van der Waals surface area contributed by atoms with Crippen LogP contribution in [0.15, 0.2) is 18.2 Å². The van der Waals surface area contributed by atoms with Gasteiger partial charge in [-0.05, 0) is 34.1 Å². The summed E-state index contributed by atoms with van der Waals surface area (Å²) in [6.45, 7) is 13.3. The van der Waals surface area contributed by atoms with Crippen molar-refractivity contribution >= 4 is 9.47 Å². The van der Waals surface area contributed by atoms with Crippen LogP contribution < -0.4 is 4.52 Å². The van der Waals surface area contributed by atoms with Crippen molar-refractivity contribution in [2.75, 3.05) is 0 Å². The topological polar surface area (TPSA) is 9.23 Å². The molecule has 1 unspecified atom stereocenters. The van der Waals surface area contributed by atoms with Crippen LogP contribution in [0.25, 0.3) is 0 Å². The lowest BCUT2D eigenvalue weighted by Gasteiger charge is -2.25. The van der Waals surface area contributed by atoms with E-state index in [1.807, 2.05) is 0 Å². The zero-order valence-corrected chi connectivity index (χ0v) is 12.4. The molecule has 0 aliphatic rings. The monoisotopic (exact) mass is 238 g/mol. The predicted molar refractivity (Wildman–Crippen MR) is 74.2 cm³/mol. The van der Waals surface area contributed by atoms with Crippen LogP contribution in [0.5, 0.6) is 5.75 Å². The van der Waals surface area contributed by atoms with Crippen molar-refractivity contribution in [3.8, 4) is 5.75 Å². The summed E-state index contributed by atoms with van der Waals surface area (Å²) in [5, 5.41) is 0. The Morgan fingerprint density at radius 3 is 1.44 bits per heavy atom. The Bertz CT molecular complexity index is 337. The Kier molecular flexibility index (Phi) is 3.69. The van der Waals surface area contributed by atoms with Gasteiger partial charge in [-0.25, -0.2) is 0 Å². The van der Waals surface area contributed by atoms with Gasteiger partial charge in [0.2, 0.25) is 0 Å². The van der Waals surface area contributed by atoms with Crippen molar-refractivity contribution < 1.29 is 4.52 Å². The minimum Gasteiger partial charge on any atom is -0.480 e. The van der Waals surface area contributed by atoms with Crippen LogP contribution in [0.2, 0.25) is 0 Å². The van der Waals surface area contributed by atoms with Crippen LogP contribution in [0.3, 0.4) is 0 Å². The molecule has 0 saturated heterocycles. The van der Waals surface area contributed by atoms with Crippen LogP contribution in [0.1, 0.15) is 52.7 Å². The summed E-state index contributed by atoms with van der Waals surface area (Å²) in [6.07, 6.45) is 0. The highest BCUT2D eigenvalue weighted by molar-refractivity contribution is 7.10. The molecule has 1 nitrogen and oxygen atoms in total. The van der Waals surface area contributed by atoms with Crippen LogP contribution in [0, 0.1) is 0 Å². The van der Waals surface area contributed by atoms with Gasteiger partial charge in [-0.1, -0.05) is 47.6 Å². The molecule has 1 aromatic carbocycles. The molecule has 1 aromatic rings. The van der Waals surface area contributed by atoms with E-state index < -0.39 is 0 Å². The van der Waals surface area contributed by atoms with E-state index in [9.17, 15) is 0 Å². The second-order valence-electron chi connectivity index (χ2n) is 6.36. The van der Waals surface area contributed by atoms with Crippen LogP contribution in [0.4, 0.5) is 0 Å². The standard InChI is InChI=1S/C14H23OP/c1-13(2,3)10-7-11(14(4,5)6)9-12(8-10)15-16/h7-9H,16H2,1-6H3. The first-order chi connectivity index (χ1) is 7.14. The molecule has 0 spiro atoms. The van der Waals surface area contributed by atoms with Gasteiger partial charge in [0.05, 0.1) is 9.47 Å². The molecule has 16 heavy (non-hydrogen) atoms. The SMILES string of the molecule is CC(C)(C)c1cc(OP)cc(C(C)(C)C)c1. The predicted octanol–water partition coefficient (Wildman–Crippen LogP) is 4.45. The van der Waals surface area contributed by atoms with Crippen LogP contribution >= 0.6 is 9.47 Å². The summed E-state index contributed by atoms with van der Waals surface area (Å²) < 4.78 is 5.30. The lowest BCUT2D eigenvalue weighted by atomic mass is 9.80. The Morgan fingerprint density at radius 1 is 0.812 bits per heavy atom. The zero-order valence-electron chi connectivity index (χ0n) is 11.2. The number of hydrogen-bond donors (Lipinski definition) is 0. The molecule has 1 rings (SSSR count). The molecule has 90 valence electrons. The molecule has 0 saturated carbocycles. The van der Waals surface area contributed by atoms with E-state index in [0.29, 0.717) is 0 Å². The van der Waals surface area contributed by atoms with Crippen molar-refractivity contribution in [1.29, 1.82) is 0 Å². The van der Waals surface area contributed by atoms with Gasteiger partial charge in [-0.3, -0.25) is 0 Å². The lowest BCUT2D eigenvalue weighted by molar-refractivity contribution is 0.556. The van der Waals surface area contributed by atoms with Gasteiger partial charge in [-0.15, -0.1) is 0 Å². The average molecular weight is 238 g/mol. The number of hydrogen-bond acceptors (Lipinski definition) is 1. The summed E-state index contributed by atoms with van der Waals surface area (Å²) in [6, 6.07) is 6.51. The molecule has 0 fully saturated rings. The molecule has 0 N–H and O–H groups in total. The molecule has 2 heteroatoms. The van der Waals surface area contributed by atoms with E-state index in [2.05, 4.69) is 69.2 Å². The van der Waals surface area contributed by atoms with Gasteiger partial charge in [0.1, 0.15) is 5.75 Å². The quantitative estimate of drug-likeness (QED) is 0.657. The molecular weight excluding hydrogens is 215 g/mol. The van der Waals surface area contributed by atoms with E-state index in [-0.39, 0.29) is 10.8 Å². The van der Waals surface area contributed by atoms with Gasteiger partial charge in [-0.2, -0.15) is 0 Å². The van der Waals surface area contributed by atoms with Crippen molar-refractivity contribution in [3.63, 3.8) is 0 Å². The van der Waals surface area contributed by atoms with Crippen molar-refractivity contribution in [3.05, 3.63) is 29.3 Å². The maximum atomic E-state index is 5.30. The van der Waals surface area contributed by atoms with Gasteiger partial charge >= 0.3 is 0 Å². The van der Waals surface area contributed by atoms with Crippen molar-refractivity contribution in [1.82, 2.24) is 0 Å². The van der Waals surface area contributed by atoms with Gasteiger partial charge in [0, 0.05) is 0 Å². The molecule has 0 aromatic heterocycles. The first kappa shape index (κ1) is 13.5. The zero-order chi connectivity index (χ0) is 12.6. The minimum absolute atomic E-state index is 0.152. The summed E-state index contributed by atoms with van der Waals surface area (Å²) in [4.78, 5) is 0. The summed E-state index contributed by atoms with van der Waals surface area (Å²) in [5.74, 6) is 0.919. The smallest absolute Gasteiger partial charge is 0.123 e. The maximum Gasteiger partial charge on any atom is 0.123 e. The van der Waals surface area contributed by atoms with Gasteiger partial charge in [0.25, 0.3) is 0 Å². The third-order valence-corrected chi connectivity index (χ3v) is 3.05. The first-order valence-corrected chi connectivity index (χ1v) is 6.14. The van der Waals surface area contributed by atoms with Gasteiger partial charge < -0.3 is 4.52 Å². The highest BCUT2D eigenvalue weighted by Gasteiger charge is 2.20. The second kappa shape index (κ2) is 4.37. The van der Waals surface area contributed by atoms with Crippen molar-refractivity contribution in [2.24, 2.45) is 0 Å². The van der Waals surface area contributed by atoms with Crippen LogP contribution in [-0.4, -0.2) is 0 Å². The fraction of sp³-hybridized carbons (Fsp3) is 0.571. The first-order valence-electron chi connectivity index (χ1n) is 5.67. The lowest BCUT2D eigenvalue weighted by Crippen LogP contribution is -2.16. The molecule has 0 aliphatic heterocycles. The van der Waals surface area contributed by atoms with E-state index in [4.69, 9.17) is 4.52 Å². The summed E-state index contributed by atoms with van der Waals surface area (Å²) >= 11 is 0. The Morgan fingerprint density at radius 2 is 1.19 bits per heavy atom. The molecular formula is C14H23OP. The van der Waals surface area contributed by atoms with Crippen molar-refractivity contribution in [2.45, 2.75) is 52.4 Å². The molecule has 0 amide bonds. The highest BCUT2D eigenvalue weighted by Crippen LogP contribution is 2.33.